The van der Waals surface area contributed by atoms with Gasteiger partial charge in [0.1, 0.15) is 5.76 Å². The molecule has 0 aromatic heterocycles. The van der Waals surface area contributed by atoms with Crippen LogP contribution in [-0.2, 0) is 35.4 Å². The molecular weight excluding hydrogens is 510 g/mol. The Kier molecular flexibility index (Phi) is 10.0. The quantitative estimate of drug-likeness (QED) is 0.220. The number of rotatable bonds is 5. The first-order chi connectivity index (χ1) is 13.0. The van der Waals surface area contributed by atoms with Gasteiger partial charge in [0.2, 0.25) is 0 Å². The van der Waals surface area contributed by atoms with E-state index in [0.29, 0.717) is 6.79 Å². The maximum absolute atomic E-state index is 6.05. The van der Waals surface area contributed by atoms with Crippen molar-refractivity contribution in [3.8, 4) is 0 Å². The smallest absolute Gasteiger partial charge is 1.00 e. The molecule has 2 aliphatic carbocycles. The molecule has 155 valence electrons. The third-order valence-corrected chi connectivity index (χ3v) is 5.91. The maximum atomic E-state index is 6.05. The van der Waals surface area contributed by atoms with E-state index in [9.17, 15) is 0 Å². The molecule has 0 atom stereocenters. The first-order valence-corrected chi connectivity index (χ1v) is 12.9. The summed E-state index contributed by atoms with van der Waals surface area (Å²) in [5, 5.41) is 4.90. The molecule has 4 rings (SSSR count). The van der Waals surface area contributed by atoms with Gasteiger partial charge >= 0.3 is 26.2 Å². The summed E-state index contributed by atoms with van der Waals surface area (Å²) in [6.45, 7) is 8.92. The van der Waals surface area contributed by atoms with Gasteiger partial charge in [-0.05, 0) is 44.6 Å². The Balaban J connectivity index is 0.00000150. The number of benzene rings is 2. The largest absolute Gasteiger partial charge is 3.00 e. The van der Waals surface area contributed by atoms with Gasteiger partial charge in [0.15, 0.2) is 15.1 Å². The third kappa shape index (κ3) is 5.47. The molecule has 0 bridgehead atoms. The van der Waals surface area contributed by atoms with Crippen LogP contribution in [0.25, 0.3) is 17.7 Å². The molecule has 2 aromatic rings. The van der Waals surface area contributed by atoms with E-state index in [0.717, 1.165) is 17.4 Å². The zero-order valence-corrected chi connectivity index (χ0v) is 22.7. The van der Waals surface area contributed by atoms with E-state index >= 15 is 0 Å². The van der Waals surface area contributed by atoms with Crippen LogP contribution in [0.4, 0.5) is 0 Å². The van der Waals surface area contributed by atoms with Crippen molar-refractivity contribution >= 4 is 26.0 Å². The molecular formula is C24H25Cl2O2SiZr. The molecule has 0 N–H and O–H groups in total. The number of ether oxygens (including phenoxy) is 1. The second-order valence-corrected chi connectivity index (χ2v) is 12.4. The summed E-state index contributed by atoms with van der Waals surface area (Å²) in [6, 6.07) is 12.9. The summed E-state index contributed by atoms with van der Waals surface area (Å²) in [5.41, 5.74) is 3.64. The molecule has 0 unspecified atom stereocenters. The van der Waals surface area contributed by atoms with Gasteiger partial charge in [0.05, 0.1) is 0 Å². The van der Waals surface area contributed by atoms with Crippen LogP contribution in [0.5, 0.6) is 0 Å². The Labute approximate surface area is 211 Å². The Morgan fingerprint density at radius 2 is 1.77 bits per heavy atom. The number of fused-ring (bicyclic) bond motifs is 2. The van der Waals surface area contributed by atoms with Crippen LogP contribution in [0.2, 0.25) is 19.6 Å². The van der Waals surface area contributed by atoms with Crippen molar-refractivity contribution in [2.24, 2.45) is 0 Å². The number of hydrogen-bond acceptors (Lipinski definition) is 2. The zero-order chi connectivity index (χ0) is 19.0. The van der Waals surface area contributed by atoms with Gasteiger partial charge in [0.25, 0.3) is 0 Å². The van der Waals surface area contributed by atoms with Gasteiger partial charge < -0.3 is 34.0 Å². The Morgan fingerprint density at radius 3 is 2.47 bits per heavy atom. The molecule has 0 saturated heterocycles. The van der Waals surface area contributed by atoms with E-state index in [4.69, 9.17) is 9.16 Å². The topological polar surface area (TPSA) is 18.5 Å². The van der Waals surface area contributed by atoms with Crippen LogP contribution in [0, 0.1) is 10.4 Å². The maximum Gasteiger partial charge on any atom is 3.00 e. The van der Waals surface area contributed by atoms with Gasteiger partial charge in [-0.25, -0.2) is 0 Å². The zero-order valence-electron chi connectivity index (χ0n) is 17.7. The van der Waals surface area contributed by atoms with Crippen LogP contribution < -0.4 is 35.3 Å². The van der Waals surface area contributed by atoms with Crippen LogP contribution in [0.1, 0.15) is 24.5 Å². The van der Waals surface area contributed by atoms with E-state index < -0.39 is 8.32 Å². The average molecular weight is 536 g/mol. The SMILES string of the molecule is CC=c1ccc2c(c1C1=C(OCO[Si](C)(C)C)C=CC1)[C-]=c1ccccc1=2.[Cl-].[Cl-].[Zr+3]. The minimum Gasteiger partial charge on any atom is -1.00 e. The Bertz CT molecular complexity index is 1180. The van der Waals surface area contributed by atoms with Crippen molar-refractivity contribution < 1.29 is 60.2 Å². The van der Waals surface area contributed by atoms with Crippen molar-refractivity contribution in [2.45, 2.75) is 33.0 Å². The monoisotopic (exact) mass is 533 g/mol. The molecule has 30 heavy (non-hydrogen) atoms. The Morgan fingerprint density at radius 1 is 1.03 bits per heavy atom. The predicted octanol–water partition coefficient (Wildman–Crippen LogP) is -1.70. The van der Waals surface area contributed by atoms with Gasteiger partial charge in [-0.3, -0.25) is 0 Å². The van der Waals surface area contributed by atoms with E-state index in [2.05, 4.69) is 87.3 Å². The standard InChI is InChI=1S/C24H25O2Si.2ClH.Zr/c1-5-17-13-14-20-19-10-7-6-9-18(19)15-22(20)24(17)21-11-8-12-23(21)25-16-26-27(2,3)4;;;/h5-10,12-14H,11,16H2,1-4H3;2*1H;/q-1;;;+3/p-2. The van der Waals surface area contributed by atoms with Crippen LogP contribution in [-0.4, -0.2) is 15.1 Å². The van der Waals surface area contributed by atoms with Crippen molar-refractivity contribution in [1.29, 1.82) is 0 Å². The van der Waals surface area contributed by atoms with Gasteiger partial charge in [-0.15, -0.1) is 33.4 Å². The molecule has 2 aliphatic rings. The molecule has 2 aromatic carbocycles. The van der Waals surface area contributed by atoms with Crippen LogP contribution in [0.15, 0.2) is 54.3 Å². The van der Waals surface area contributed by atoms with E-state index in [1.807, 2.05) is 0 Å². The average Bonchev–Trinajstić information content (AvgIpc) is 3.24. The molecule has 0 aliphatic heterocycles. The molecule has 2 nitrogen and oxygen atoms in total. The third-order valence-electron chi connectivity index (χ3n) is 4.92. The molecule has 0 saturated carbocycles. The predicted molar refractivity (Wildman–Crippen MR) is 114 cm³/mol. The molecule has 0 heterocycles. The number of halogens is 2. The summed E-state index contributed by atoms with van der Waals surface area (Å²) >= 11 is 0. The summed E-state index contributed by atoms with van der Waals surface area (Å²) in [6.07, 6.45) is 10.9. The van der Waals surface area contributed by atoms with Gasteiger partial charge in [-0.2, -0.15) is 0 Å². The van der Waals surface area contributed by atoms with Crippen molar-refractivity contribution in [1.82, 2.24) is 0 Å². The summed E-state index contributed by atoms with van der Waals surface area (Å²) in [7, 11) is -1.60. The van der Waals surface area contributed by atoms with Crippen LogP contribution >= 0.6 is 0 Å². The first-order valence-electron chi connectivity index (χ1n) is 9.47. The van der Waals surface area contributed by atoms with Crippen LogP contribution in [0.3, 0.4) is 0 Å². The summed E-state index contributed by atoms with van der Waals surface area (Å²) < 4.78 is 11.9. The fourth-order valence-corrected chi connectivity index (χ4v) is 4.03. The van der Waals surface area contributed by atoms with Crippen molar-refractivity contribution in [3.05, 3.63) is 86.3 Å². The second kappa shape index (κ2) is 11.1. The van der Waals surface area contributed by atoms with Crippen molar-refractivity contribution in [3.63, 3.8) is 0 Å². The van der Waals surface area contributed by atoms with E-state index in [1.54, 1.807) is 0 Å². The number of allylic oxidation sites excluding steroid dienone is 3. The minimum absolute atomic E-state index is 0. The van der Waals surface area contributed by atoms with Gasteiger partial charge in [0, 0.05) is 0 Å². The van der Waals surface area contributed by atoms with E-state index in [1.165, 1.54) is 32.4 Å². The van der Waals surface area contributed by atoms with E-state index in [-0.39, 0.29) is 51.0 Å². The molecule has 0 amide bonds. The van der Waals surface area contributed by atoms with Crippen molar-refractivity contribution in [2.75, 3.05) is 6.79 Å². The fraction of sp³-hybridized carbons (Fsp3) is 0.250. The Hall–Kier alpha value is -0.900. The summed E-state index contributed by atoms with van der Waals surface area (Å²) in [5.74, 6) is 0.919. The van der Waals surface area contributed by atoms with Gasteiger partial charge in [-0.1, -0.05) is 53.3 Å². The molecule has 0 fully saturated rings. The fourth-order valence-electron chi connectivity index (χ4n) is 3.62. The normalized spacial score (nSPS) is 14.2. The number of hydrogen-bond donors (Lipinski definition) is 0. The second-order valence-electron chi connectivity index (χ2n) is 7.88. The first kappa shape index (κ1) is 27.1. The molecule has 0 spiro atoms. The minimum atomic E-state index is -1.60. The summed E-state index contributed by atoms with van der Waals surface area (Å²) in [4.78, 5) is 0. The molecule has 6 heteroatoms. The molecule has 1 radical (unpaired) electrons.